The second kappa shape index (κ2) is 4.69. The first-order valence-corrected chi connectivity index (χ1v) is 5.70. The Morgan fingerprint density at radius 1 is 1.33 bits per heavy atom. The van der Waals surface area contributed by atoms with Crippen molar-refractivity contribution in [1.29, 1.82) is 0 Å². The van der Waals surface area contributed by atoms with Crippen molar-refractivity contribution in [2.75, 3.05) is 18.3 Å². The highest BCUT2D eigenvalue weighted by Gasteiger charge is 2.29. The molecule has 0 radical (unpaired) electrons. The smallest absolute Gasteiger partial charge is 0.0451 e. The van der Waals surface area contributed by atoms with Gasteiger partial charge in [-0.15, -0.1) is 23.2 Å². The van der Waals surface area contributed by atoms with Gasteiger partial charge in [-0.3, -0.25) is 0 Å². The van der Waals surface area contributed by atoms with Crippen LogP contribution in [0.4, 0.5) is 0 Å². The third kappa shape index (κ3) is 2.79. The largest absolute Gasteiger partial charge is 0.309 e. The van der Waals surface area contributed by atoms with Gasteiger partial charge in [0.05, 0.1) is 0 Å². The van der Waals surface area contributed by atoms with Crippen LogP contribution >= 0.6 is 23.2 Å². The molecule has 0 bridgehead atoms. The van der Waals surface area contributed by atoms with Crippen molar-refractivity contribution >= 4 is 23.2 Å². The van der Waals surface area contributed by atoms with E-state index in [2.05, 4.69) is 12.2 Å². The van der Waals surface area contributed by atoms with Crippen LogP contribution in [0.15, 0.2) is 0 Å². The highest BCUT2D eigenvalue weighted by molar-refractivity contribution is 6.22. The van der Waals surface area contributed by atoms with E-state index in [1.54, 1.807) is 0 Å². The standard InChI is InChI=1S/C9H17Cl2N/c1-2-9(6-10,7-11)12-5-8-3-4-8/h8,12H,2-7H2,1H3. The first kappa shape index (κ1) is 10.6. The summed E-state index contributed by atoms with van der Waals surface area (Å²) in [7, 11) is 0. The Morgan fingerprint density at radius 2 is 1.92 bits per heavy atom. The maximum Gasteiger partial charge on any atom is 0.0451 e. The summed E-state index contributed by atoms with van der Waals surface area (Å²) in [5.41, 5.74) is -0.0221. The Morgan fingerprint density at radius 3 is 2.25 bits per heavy atom. The monoisotopic (exact) mass is 209 g/mol. The van der Waals surface area contributed by atoms with Crippen molar-refractivity contribution < 1.29 is 0 Å². The van der Waals surface area contributed by atoms with E-state index in [4.69, 9.17) is 23.2 Å². The van der Waals surface area contributed by atoms with E-state index in [0.717, 1.165) is 18.9 Å². The summed E-state index contributed by atoms with van der Waals surface area (Å²) in [6, 6.07) is 0. The lowest BCUT2D eigenvalue weighted by atomic mass is 10.0. The molecule has 1 saturated carbocycles. The molecule has 0 heterocycles. The highest BCUT2D eigenvalue weighted by Crippen LogP contribution is 2.29. The summed E-state index contributed by atoms with van der Waals surface area (Å²) < 4.78 is 0. The average Bonchev–Trinajstić information content (AvgIpc) is 2.92. The van der Waals surface area contributed by atoms with E-state index in [9.17, 15) is 0 Å². The van der Waals surface area contributed by atoms with Crippen molar-refractivity contribution in [3.8, 4) is 0 Å². The van der Waals surface area contributed by atoms with Gasteiger partial charge in [0.1, 0.15) is 0 Å². The number of alkyl halides is 2. The number of hydrogen-bond donors (Lipinski definition) is 1. The number of halogens is 2. The molecule has 3 heteroatoms. The van der Waals surface area contributed by atoms with E-state index in [0.29, 0.717) is 11.8 Å². The summed E-state index contributed by atoms with van der Waals surface area (Å²) in [5.74, 6) is 2.11. The molecule has 0 aliphatic heterocycles. The van der Waals surface area contributed by atoms with Gasteiger partial charge in [-0.25, -0.2) is 0 Å². The first-order chi connectivity index (χ1) is 5.76. The van der Waals surface area contributed by atoms with Crippen LogP contribution in [0, 0.1) is 5.92 Å². The van der Waals surface area contributed by atoms with E-state index in [1.807, 2.05) is 0 Å². The molecule has 0 amide bonds. The lowest BCUT2D eigenvalue weighted by Crippen LogP contribution is -2.49. The summed E-state index contributed by atoms with van der Waals surface area (Å²) in [6.45, 7) is 3.22. The molecule has 0 aromatic rings. The second-order valence-electron chi connectivity index (χ2n) is 3.73. The van der Waals surface area contributed by atoms with Gasteiger partial charge in [-0.05, 0) is 31.7 Å². The molecule has 1 fully saturated rings. The van der Waals surface area contributed by atoms with Gasteiger partial charge in [0.2, 0.25) is 0 Å². The summed E-state index contributed by atoms with van der Waals surface area (Å²) in [4.78, 5) is 0. The zero-order chi connectivity index (χ0) is 9.03. The molecule has 1 nitrogen and oxygen atoms in total. The molecule has 0 aromatic carbocycles. The van der Waals surface area contributed by atoms with Gasteiger partial charge >= 0.3 is 0 Å². The predicted octanol–water partition coefficient (Wildman–Crippen LogP) is 2.61. The molecular formula is C9H17Cl2N. The van der Waals surface area contributed by atoms with Crippen molar-refractivity contribution in [3.05, 3.63) is 0 Å². The third-order valence-corrected chi connectivity index (χ3v) is 3.67. The average molecular weight is 210 g/mol. The molecule has 1 rings (SSSR count). The molecule has 0 saturated heterocycles. The zero-order valence-corrected chi connectivity index (χ0v) is 9.09. The van der Waals surface area contributed by atoms with Gasteiger partial charge in [0, 0.05) is 17.3 Å². The van der Waals surface area contributed by atoms with Gasteiger partial charge in [0.25, 0.3) is 0 Å². The lowest BCUT2D eigenvalue weighted by molar-refractivity contribution is 0.379. The highest BCUT2D eigenvalue weighted by atomic mass is 35.5. The van der Waals surface area contributed by atoms with Crippen LogP contribution in [-0.4, -0.2) is 23.8 Å². The van der Waals surface area contributed by atoms with Gasteiger partial charge in [-0.2, -0.15) is 0 Å². The van der Waals surface area contributed by atoms with E-state index < -0.39 is 0 Å². The summed E-state index contributed by atoms with van der Waals surface area (Å²) in [6.07, 6.45) is 3.75. The molecular weight excluding hydrogens is 193 g/mol. The Balaban J connectivity index is 2.28. The minimum absolute atomic E-state index is 0.0221. The van der Waals surface area contributed by atoms with Crippen LogP contribution in [0.1, 0.15) is 26.2 Å². The maximum atomic E-state index is 5.88. The first-order valence-electron chi connectivity index (χ1n) is 4.63. The summed E-state index contributed by atoms with van der Waals surface area (Å²) in [5, 5.41) is 3.48. The fourth-order valence-corrected chi connectivity index (χ4v) is 1.98. The molecule has 0 unspecified atom stereocenters. The number of rotatable bonds is 6. The second-order valence-corrected chi connectivity index (χ2v) is 4.26. The minimum Gasteiger partial charge on any atom is -0.309 e. The Labute approximate surface area is 84.8 Å². The van der Waals surface area contributed by atoms with Gasteiger partial charge < -0.3 is 5.32 Å². The van der Waals surface area contributed by atoms with Crippen LogP contribution in [-0.2, 0) is 0 Å². The topological polar surface area (TPSA) is 12.0 Å². The van der Waals surface area contributed by atoms with Crippen LogP contribution < -0.4 is 5.32 Å². The Kier molecular flexibility index (Phi) is 4.15. The molecule has 1 aliphatic rings. The minimum atomic E-state index is -0.0221. The van der Waals surface area contributed by atoms with E-state index >= 15 is 0 Å². The molecule has 0 aromatic heterocycles. The zero-order valence-electron chi connectivity index (χ0n) is 7.58. The van der Waals surface area contributed by atoms with Gasteiger partial charge in [-0.1, -0.05) is 6.92 Å². The van der Waals surface area contributed by atoms with Crippen molar-refractivity contribution in [2.45, 2.75) is 31.7 Å². The molecule has 1 aliphatic carbocycles. The van der Waals surface area contributed by atoms with Crippen LogP contribution in [0.5, 0.6) is 0 Å². The molecule has 0 atom stereocenters. The van der Waals surface area contributed by atoms with Crippen molar-refractivity contribution in [3.63, 3.8) is 0 Å². The molecule has 0 spiro atoms. The van der Waals surface area contributed by atoms with E-state index in [1.165, 1.54) is 12.8 Å². The quantitative estimate of drug-likeness (QED) is 0.664. The number of hydrogen-bond acceptors (Lipinski definition) is 1. The van der Waals surface area contributed by atoms with Crippen molar-refractivity contribution in [1.82, 2.24) is 5.32 Å². The van der Waals surface area contributed by atoms with Crippen LogP contribution in [0.3, 0.4) is 0 Å². The maximum absolute atomic E-state index is 5.88. The Hall–Kier alpha value is 0.540. The molecule has 1 N–H and O–H groups in total. The van der Waals surface area contributed by atoms with Crippen LogP contribution in [0.2, 0.25) is 0 Å². The lowest BCUT2D eigenvalue weighted by Gasteiger charge is -2.29. The van der Waals surface area contributed by atoms with Gasteiger partial charge in [0.15, 0.2) is 0 Å². The predicted molar refractivity (Wildman–Crippen MR) is 55.2 cm³/mol. The molecule has 12 heavy (non-hydrogen) atoms. The number of nitrogens with one attached hydrogen (secondary N) is 1. The third-order valence-electron chi connectivity index (χ3n) is 2.65. The fraction of sp³-hybridized carbons (Fsp3) is 1.00. The Bertz CT molecular complexity index is 122. The molecule has 72 valence electrons. The normalized spacial score (nSPS) is 18.2. The summed E-state index contributed by atoms with van der Waals surface area (Å²) >= 11 is 11.8. The fourth-order valence-electron chi connectivity index (χ4n) is 1.13. The van der Waals surface area contributed by atoms with Crippen molar-refractivity contribution in [2.24, 2.45) is 5.92 Å². The van der Waals surface area contributed by atoms with E-state index in [-0.39, 0.29) is 5.54 Å². The SMILES string of the molecule is CCC(CCl)(CCl)NCC1CC1. The van der Waals surface area contributed by atoms with Crippen LogP contribution in [0.25, 0.3) is 0 Å².